The van der Waals surface area contributed by atoms with Crippen LogP contribution in [0.25, 0.3) is 0 Å². The molecule has 120 valence electrons. The Hall–Kier alpha value is -1.65. The number of rotatable bonds is 5. The van der Waals surface area contributed by atoms with Gasteiger partial charge in [-0.15, -0.1) is 0 Å². The molecular weight excluding hydrogens is 352 g/mol. The van der Waals surface area contributed by atoms with Crippen molar-refractivity contribution in [2.24, 2.45) is 0 Å². The second-order valence-electron chi connectivity index (χ2n) is 5.99. The highest BCUT2D eigenvalue weighted by molar-refractivity contribution is 9.10. The zero-order chi connectivity index (χ0) is 16.1. The summed E-state index contributed by atoms with van der Waals surface area (Å²) in [5.74, 6) is -0.0429. The lowest BCUT2D eigenvalue weighted by Gasteiger charge is -2.14. The van der Waals surface area contributed by atoms with E-state index < -0.39 is 0 Å². The summed E-state index contributed by atoms with van der Waals surface area (Å²) in [7, 11) is 0. The Morgan fingerprint density at radius 3 is 2.22 bits per heavy atom. The van der Waals surface area contributed by atoms with E-state index in [-0.39, 0.29) is 5.91 Å². The third-order valence-electron chi connectivity index (χ3n) is 4.19. The summed E-state index contributed by atoms with van der Waals surface area (Å²) in [4.78, 5) is 14.6. The molecule has 2 aromatic rings. The van der Waals surface area contributed by atoms with Crippen LogP contribution in [0.5, 0.6) is 0 Å². The van der Waals surface area contributed by atoms with E-state index >= 15 is 0 Å². The lowest BCUT2D eigenvalue weighted by molar-refractivity contribution is 0.0951. The number of hydrogen-bond donors (Lipinski definition) is 1. The standard InChI is InChI=1S/C19H21BrN2O/c20-18-9-7-17(8-10-18)19(23)21-13-15-3-5-16(6-4-15)14-22-11-1-2-12-22/h3-10H,1-2,11-14H2,(H,21,23). The molecule has 0 atom stereocenters. The highest BCUT2D eigenvalue weighted by atomic mass is 79.9. The van der Waals surface area contributed by atoms with E-state index in [0.29, 0.717) is 12.1 Å². The zero-order valence-corrected chi connectivity index (χ0v) is 14.7. The van der Waals surface area contributed by atoms with Crippen molar-refractivity contribution in [2.45, 2.75) is 25.9 Å². The second-order valence-corrected chi connectivity index (χ2v) is 6.90. The molecule has 1 aliphatic rings. The van der Waals surface area contributed by atoms with Crippen LogP contribution in [0, 0.1) is 0 Å². The van der Waals surface area contributed by atoms with Gasteiger partial charge in [0.2, 0.25) is 0 Å². The highest BCUT2D eigenvalue weighted by Gasteiger charge is 2.11. The van der Waals surface area contributed by atoms with Gasteiger partial charge in [-0.2, -0.15) is 0 Å². The number of benzene rings is 2. The van der Waals surface area contributed by atoms with Gasteiger partial charge in [0.1, 0.15) is 0 Å². The van der Waals surface area contributed by atoms with Crippen molar-refractivity contribution < 1.29 is 4.79 Å². The fourth-order valence-electron chi connectivity index (χ4n) is 2.85. The third-order valence-corrected chi connectivity index (χ3v) is 4.72. The van der Waals surface area contributed by atoms with Crippen molar-refractivity contribution in [3.05, 3.63) is 69.7 Å². The van der Waals surface area contributed by atoms with E-state index in [1.165, 1.54) is 31.5 Å². The molecule has 1 fully saturated rings. The van der Waals surface area contributed by atoms with Gasteiger partial charge in [-0.1, -0.05) is 40.2 Å². The minimum Gasteiger partial charge on any atom is -0.348 e. The van der Waals surface area contributed by atoms with Crippen LogP contribution in [0.2, 0.25) is 0 Å². The number of nitrogens with one attached hydrogen (secondary N) is 1. The number of halogens is 1. The first-order valence-corrected chi connectivity index (χ1v) is 8.84. The van der Waals surface area contributed by atoms with Crippen LogP contribution in [0.3, 0.4) is 0 Å². The molecule has 0 bridgehead atoms. The van der Waals surface area contributed by atoms with Crippen molar-refractivity contribution in [3.8, 4) is 0 Å². The molecule has 1 amide bonds. The molecule has 3 rings (SSSR count). The summed E-state index contributed by atoms with van der Waals surface area (Å²) in [6, 6.07) is 15.9. The van der Waals surface area contributed by atoms with Crippen molar-refractivity contribution in [2.75, 3.05) is 13.1 Å². The first-order chi connectivity index (χ1) is 11.2. The van der Waals surface area contributed by atoms with Crippen molar-refractivity contribution >= 4 is 21.8 Å². The van der Waals surface area contributed by atoms with Gasteiger partial charge >= 0.3 is 0 Å². The summed E-state index contributed by atoms with van der Waals surface area (Å²) < 4.78 is 0.975. The van der Waals surface area contributed by atoms with Crippen LogP contribution in [-0.2, 0) is 13.1 Å². The van der Waals surface area contributed by atoms with Gasteiger partial charge in [0.05, 0.1) is 0 Å². The van der Waals surface area contributed by atoms with Crippen LogP contribution < -0.4 is 5.32 Å². The maximum atomic E-state index is 12.1. The Bertz CT molecular complexity index is 646. The number of amides is 1. The van der Waals surface area contributed by atoms with Crippen LogP contribution >= 0.6 is 15.9 Å². The molecule has 0 radical (unpaired) electrons. The van der Waals surface area contributed by atoms with Crippen LogP contribution in [0.4, 0.5) is 0 Å². The summed E-state index contributed by atoms with van der Waals surface area (Å²) in [5, 5.41) is 2.96. The quantitative estimate of drug-likeness (QED) is 0.860. The van der Waals surface area contributed by atoms with Gasteiger partial charge in [0, 0.05) is 23.1 Å². The van der Waals surface area contributed by atoms with Crippen molar-refractivity contribution in [3.63, 3.8) is 0 Å². The fraction of sp³-hybridized carbons (Fsp3) is 0.316. The lowest BCUT2D eigenvalue weighted by Crippen LogP contribution is -2.22. The number of nitrogens with zero attached hydrogens (tertiary/aromatic N) is 1. The van der Waals surface area contributed by atoms with E-state index in [4.69, 9.17) is 0 Å². The number of carbonyl (C=O) groups is 1. The molecule has 4 heteroatoms. The molecule has 0 aromatic heterocycles. The predicted octanol–water partition coefficient (Wildman–Crippen LogP) is 3.97. The molecule has 2 aromatic carbocycles. The first-order valence-electron chi connectivity index (χ1n) is 8.05. The smallest absolute Gasteiger partial charge is 0.251 e. The SMILES string of the molecule is O=C(NCc1ccc(CN2CCCC2)cc1)c1ccc(Br)cc1. The molecule has 0 aliphatic carbocycles. The van der Waals surface area contributed by atoms with Crippen LogP contribution in [-0.4, -0.2) is 23.9 Å². The van der Waals surface area contributed by atoms with Gasteiger partial charge in [0.25, 0.3) is 5.91 Å². The van der Waals surface area contributed by atoms with Gasteiger partial charge in [-0.3, -0.25) is 9.69 Å². The molecule has 3 nitrogen and oxygen atoms in total. The summed E-state index contributed by atoms with van der Waals surface area (Å²) in [5.41, 5.74) is 3.15. The van der Waals surface area contributed by atoms with Gasteiger partial charge < -0.3 is 5.32 Å². The maximum Gasteiger partial charge on any atom is 0.251 e. The number of carbonyl (C=O) groups excluding carboxylic acids is 1. The van der Waals surface area contributed by atoms with Crippen LogP contribution in [0.15, 0.2) is 53.0 Å². The Kier molecular flexibility index (Phi) is 5.47. The molecule has 0 spiro atoms. The fourth-order valence-corrected chi connectivity index (χ4v) is 3.11. The third kappa shape index (κ3) is 4.66. The van der Waals surface area contributed by atoms with E-state index in [0.717, 1.165) is 16.6 Å². The first kappa shape index (κ1) is 16.2. The molecule has 1 N–H and O–H groups in total. The summed E-state index contributed by atoms with van der Waals surface area (Å²) in [6.07, 6.45) is 2.64. The average Bonchev–Trinajstić information content (AvgIpc) is 3.07. The van der Waals surface area contributed by atoms with Crippen molar-refractivity contribution in [1.82, 2.24) is 10.2 Å². The van der Waals surface area contributed by atoms with Crippen molar-refractivity contribution in [1.29, 1.82) is 0 Å². The zero-order valence-electron chi connectivity index (χ0n) is 13.1. The molecule has 1 aliphatic heterocycles. The lowest BCUT2D eigenvalue weighted by atomic mass is 10.1. The topological polar surface area (TPSA) is 32.3 Å². The minimum absolute atomic E-state index is 0.0429. The largest absolute Gasteiger partial charge is 0.348 e. The predicted molar refractivity (Wildman–Crippen MR) is 96.3 cm³/mol. The van der Waals surface area contributed by atoms with Gasteiger partial charge in [-0.05, 0) is 61.3 Å². The highest BCUT2D eigenvalue weighted by Crippen LogP contribution is 2.14. The van der Waals surface area contributed by atoms with E-state index in [1.54, 1.807) is 0 Å². The monoisotopic (exact) mass is 372 g/mol. The van der Waals surface area contributed by atoms with E-state index in [2.05, 4.69) is 50.4 Å². The van der Waals surface area contributed by atoms with Crippen LogP contribution in [0.1, 0.15) is 34.3 Å². The van der Waals surface area contributed by atoms with E-state index in [9.17, 15) is 4.79 Å². The van der Waals surface area contributed by atoms with Gasteiger partial charge in [-0.25, -0.2) is 0 Å². The van der Waals surface area contributed by atoms with Gasteiger partial charge in [0.15, 0.2) is 0 Å². The average molecular weight is 373 g/mol. The van der Waals surface area contributed by atoms with E-state index in [1.807, 2.05) is 24.3 Å². The second kappa shape index (κ2) is 7.75. The Morgan fingerprint density at radius 2 is 1.57 bits per heavy atom. The molecular formula is C19H21BrN2O. The molecule has 0 unspecified atom stereocenters. The summed E-state index contributed by atoms with van der Waals surface area (Å²) in [6.45, 7) is 4.01. The Balaban J connectivity index is 1.51. The Labute approximate surface area is 145 Å². The normalized spacial score (nSPS) is 14.8. The maximum absolute atomic E-state index is 12.1. The summed E-state index contributed by atoms with van der Waals surface area (Å²) >= 11 is 3.37. The molecule has 23 heavy (non-hydrogen) atoms. The molecule has 0 saturated carbocycles. The molecule has 1 saturated heterocycles. The molecule has 1 heterocycles. The Morgan fingerprint density at radius 1 is 0.957 bits per heavy atom. The number of likely N-dealkylation sites (tertiary alicyclic amines) is 1. The minimum atomic E-state index is -0.0429. The number of hydrogen-bond acceptors (Lipinski definition) is 2.